The van der Waals surface area contributed by atoms with Gasteiger partial charge in [0.2, 0.25) is 17.7 Å². The molecule has 5 aliphatic rings. The first-order valence-corrected chi connectivity index (χ1v) is 47.8. The Hall–Kier alpha value is -15.6. The summed E-state index contributed by atoms with van der Waals surface area (Å²) in [6, 6.07) is 53.2. The number of likely N-dealkylation sites (N-methyl/N-ethyl adjacent to an activating group) is 2. The van der Waals surface area contributed by atoms with Crippen LogP contribution in [0, 0.1) is 0 Å². The van der Waals surface area contributed by atoms with Gasteiger partial charge < -0.3 is 86.6 Å². The van der Waals surface area contributed by atoms with E-state index in [1.54, 1.807) is 67.6 Å². The Kier molecular flexibility index (Phi) is 32.3. The van der Waals surface area contributed by atoms with Crippen LogP contribution in [0.2, 0.25) is 0 Å². The third-order valence-electron chi connectivity index (χ3n) is 23.8. The van der Waals surface area contributed by atoms with Crippen LogP contribution in [-0.4, -0.2) is 214 Å². The van der Waals surface area contributed by atoms with E-state index in [0.717, 1.165) is 91.5 Å². The molecule has 15 aromatic rings. The number of fused-ring (bicyclic) bond motifs is 3. The van der Waals surface area contributed by atoms with Gasteiger partial charge in [-0.15, -0.1) is 0 Å². The number of carboxylic acids is 1. The third kappa shape index (κ3) is 25.8. The van der Waals surface area contributed by atoms with Crippen molar-refractivity contribution in [2.45, 2.75) is 162 Å². The number of carbonyl (C=O) groups excluding carboxylic acids is 4. The average molecular weight is 2010 g/mol. The fraction of sp³-hybridized carbons (Fsp3) is 0.327. The van der Waals surface area contributed by atoms with Gasteiger partial charge in [-0.05, 0) is 227 Å². The quantitative estimate of drug-likeness (QED) is 0.0341. The monoisotopic (exact) mass is 2000 g/mol. The summed E-state index contributed by atoms with van der Waals surface area (Å²) in [5.74, 6) is 5.39. The maximum atomic E-state index is 13.1. The van der Waals surface area contributed by atoms with Crippen LogP contribution in [0.3, 0.4) is 0 Å². The van der Waals surface area contributed by atoms with Crippen LogP contribution in [0.4, 0.5) is 31.8 Å². The van der Waals surface area contributed by atoms with Gasteiger partial charge in [-0.25, -0.2) is 64.0 Å². The number of anilines is 3. The van der Waals surface area contributed by atoms with Crippen molar-refractivity contribution in [1.29, 1.82) is 0 Å². The zero-order chi connectivity index (χ0) is 99.9. The predicted octanol–water partition coefficient (Wildman–Crippen LogP) is 22.1. The van der Waals surface area contributed by atoms with E-state index in [0.29, 0.717) is 138 Å². The van der Waals surface area contributed by atoms with Crippen molar-refractivity contribution in [3.05, 3.63) is 255 Å². The molecule has 5 fully saturated rings. The Morgan fingerprint density at radius 2 is 0.832 bits per heavy atom. The van der Waals surface area contributed by atoms with Crippen LogP contribution in [0.15, 0.2) is 269 Å². The molecule has 2 saturated carbocycles. The number of carboxylic acid groups (broad SMARTS) is 1. The summed E-state index contributed by atoms with van der Waals surface area (Å²) in [7, 11) is 4.12. The summed E-state index contributed by atoms with van der Waals surface area (Å²) in [6.45, 7) is 21.2. The molecule has 20 rings (SSSR count). The van der Waals surface area contributed by atoms with Crippen LogP contribution < -0.4 is 31.0 Å². The molecule has 36 heteroatoms. The number of nitrogens with one attached hydrogen (secondary N) is 1. The number of likely N-dealkylation sites (tertiary alicyclic amines) is 3. The Balaban J connectivity index is 0.000000149. The molecule has 0 bridgehead atoms. The van der Waals surface area contributed by atoms with Gasteiger partial charge in [0, 0.05) is 93.3 Å². The van der Waals surface area contributed by atoms with Crippen molar-refractivity contribution in [3.63, 3.8) is 0 Å². The van der Waals surface area contributed by atoms with Crippen molar-refractivity contribution in [2.75, 3.05) is 83.2 Å². The highest BCUT2D eigenvalue weighted by Crippen LogP contribution is 2.50. The lowest BCUT2D eigenvalue weighted by Gasteiger charge is -2.24. The van der Waals surface area contributed by atoms with Gasteiger partial charge in [0.15, 0.2) is 6.39 Å². The van der Waals surface area contributed by atoms with E-state index in [1.807, 2.05) is 223 Å². The molecule has 4 amide bonds. The number of aromatic nitrogens is 12. The number of amides is 4. The number of nitrogens with two attached hydrogens (primary N) is 2. The largest absolute Gasteiger partial charge is 0.478 e. The molecule has 0 spiro atoms. The number of aliphatic carboxylic acids is 1. The van der Waals surface area contributed by atoms with E-state index >= 15 is 0 Å². The number of hydrogen-bond acceptors (Lipinski definition) is 27. The highest BCUT2D eigenvalue weighted by Gasteiger charge is 2.40. The first-order valence-electron chi connectivity index (χ1n) is 47.0. The number of nitrogens with zero attached hydrogens (tertiary/aromatic N) is 17. The van der Waals surface area contributed by atoms with Crippen molar-refractivity contribution in [1.82, 2.24) is 83.1 Å². The van der Waals surface area contributed by atoms with Crippen LogP contribution in [0.1, 0.15) is 133 Å². The lowest BCUT2D eigenvalue weighted by molar-refractivity contribution is -0.131. The summed E-state index contributed by atoms with van der Waals surface area (Å²) in [5.41, 5.74) is 19.6. The molecule has 143 heavy (non-hydrogen) atoms. The molecule has 35 nitrogen and oxygen atoms in total. The van der Waals surface area contributed by atoms with Gasteiger partial charge in [0.1, 0.15) is 135 Å². The number of para-hydroxylation sites is 3. The molecule has 0 radical (unpaired) electrons. The highest BCUT2D eigenvalue weighted by molar-refractivity contribution is 9.10. The molecular weight excluding hydrogens is 1890 g/mol. The molecule has 744 valence electrons. The van der Waals surface area contributed by atoms with E-state index < -0.39 is 28.9 Å². The van der Waals surface area contributed by atoms with E-state index in [4.69, 9.17) is 58.8 Å². The molecule has 6 aromatic carbocycles. The van der Waals surface area contributed by atoms with E-state index in [1.165, 1.54) is 69.7 Å². The molecule has 3 atom stereocenters. The first-order chi connectivity index (χ1) is 68.3. The van der Waals surface area contributed by atoms with Gasteiger partial charge in [0.25, 0.3) is 0 Å². The van der Waals surface area contributed by atoms with Gasteiger partial charge in [-0.3, -0.25) is 19.9 Å². The minimum atomic E-state index is -0.866. The van der Waals surface area contributed by atoms with Gasteiger partial charge >= 0.3 is 24.2 Å². The number of rotatable bonds is 23. The minimum Gasteiger partial charge on any atom is -0.478 e. The summed E-state index contributed by atoms with van der Waals surface area (Å²) in [6.07, 6.45) is 27.5. The molecule has 3 saturated heterocycles. The number of hydrogen-bond donors (Lipinski definition) is 4. The number of halogens is 1. The van der Waals surface area contributed by atoms with Crippen molar-refractivity contribution in [2.24, 2.45) is 0 Å². The molecule has 0 unspecified atom stereocenters. The minimum absolute atomic E-state index is 0. The normalized spacial score (nSPS) is 15.7. The number of nitrogen functional groups attached to an aromatic ring is 2. The lowest BCUT2D eigenvalue weighted by atomic mass is 10.0. The van der Waals surface area contributed by atoms with Gasteiger partial charge in [-0.1, -0.05) is 111 Å². The standard InChI is InChI=1S/C33H33N7O3.C32H36BrN5O5.C30H30N6O4.C8H13NO2.C3H3NO.CH4/c1-38(23-11-12-23)17-5-8-27(41)39-18-15-24(20-39)40-30(33-35-16-19-42-33)28(29-31(34)36-21-37-32(29)40)22-9-13-26(14-10-22)43-25-6-3-2-4-7-25;1-31(2,3)42-29(39)36-27-25-24(20-12-14-23(15-13-20)41-22-10-8-7-9-11-22)26(33)38(28(25)35-19-34-27)21-16-17-37(18-21)30(40)43-32(4,5)6;1-30(2,3)40-29(37)35-15-13-20(17-35)36-25(28-32-14-16-38-28)23(24-26(31)33-18-34-27(24)36)19-9-11-22(12-10-19)39-21-7-5-4-6-8-21;1-9(7-4-5-7)6-2-3-8(10)11;1-2-5-3-4-1;/h2-10,13-14,16,19,21,23-24H,11-12,15,17-18,20H2,1H3,(H2,34,36,37);7-15,19,21H,16-18H2,1-6H3,(H,34,35,36,39);4-12,14,16,18,20H,13,15,17H2,1-3H3,(H2,31,33,34);2-3,7H,4-6H2,1H3,(H,10,11);1-3H;1H4/b8-5+;;;3-2+;;/t24-;21-;20-;;;/m111.../s1. The SMILES string of the molecule is C.CC(C)(C)OC(=O)N1CC[C@@H](n2c(-c3ncco3)c(-c3ccc(Oc4ccccc4)cc3)c3c(N)ncnc32)C1.CC(C)(C)OC(=O)Nc1ncnc2c1c(-c1ccc(Oc3ccccc3)cc1)c(Br)n2[C@@H]1CCN(C(=O)OC(C)(C)C)C1.CN(C/C=C/C(=O)N1CC[C@@H](n2c(-c3ncco3)c(-c3ccc(Oc4ccccc4)cc3)c3c(N)ncnc32)C1)C1CC1.CN(C/C=C/C(=O)O)C1CC1.c1cocn1. The topological polar surface area (TPSA) is 411 Å². The number of benzene rings is 6. The van der Waals surface area contributed by atoms with Crippen molar-refractivity contribution < 1.29 is 70.8 Å². The zero-order valence-electron chi connectivity index (χ0n) is 81.0. The summed E-state index contributed by atoms with van der Waals surface area (Å²) in [4.78, 5) is 111. The zero-order valence-corrected chi connectivity index (χ0v) is 82.5. The maximum absolute atomic E-state index is 13.1. The summed E-state index contributed by atoms with van der Waals surface area (Å²) >= 11 is 3.85. The second-order valence-electron chi connectivity index (χ2n) is 37.8. The Morgan fingerprint density at radius 3 is 1.20 bits per heavy atom. The van der Waals surface area contributed by atoms with E-state index in [9.17, 15) is 24.0 Å². The van der Waals surface area contributed by atoms with Gasteiger partial charge in [0.05, 0.1) is 57.5 Å². The molecule has 9 aromatic heterocycles. The molecule has 2 aliphatic carbocycles. The fourth-order valence-corrected chi connectivity index (χ4v) is 18.0. The summed E-state index contributed by atoms with van der Waals surface area (Å²) < 4.78 is 58.0. The highest BCUT2D eigenvalue weighted by atomic mass is 79.9. The number of carbonyl (C=O) groups is 5. The Labute approximate surface area is 837 Å². The van der Waals surface area contributed by atoms with Crippen LogP contribution in [0.5, 0.6) is 34.5 Å². The van der Waals surface area contributed by atoms with Crippen LogP contribution in [-0.2, 0) is 23.8 Å². The number of ether oxygens (including phenoxy) is 6. The molecule has 3 aliphatic heterocycles. The van der Waals surface area contributed by atoms with E-state index in [-0.39, 0.29) is 43.6 Å². The predicted molar refractivity (Wildman–Crippen MR) is 549 cm³/mol. The maximum Gasteiger partial charge on any atom is 0.413 e. The average Bonchev–Trinajstić information content (AvgIpc) is 1.59. The van der Waals surface area contributed by atoms with Crippen LogP contribution in [0.25, 0.3) is 89.7 Å². The summed E-state index contributed by atoms with van der Waals surface area (Å²) in [5, 5.41) is 13.2. The van der Waals surface area contributed by atoms with Crippen LogP contribution >= 0.6 is 15.9 Å². The van der Waals surface area contributed by atoms with Gasteiger partial charge in [-0.2, -0.15) is 0 Å². The molecular formula is C107H119BrN20O15. The Morgan fingerprint density at radius 1 is 0.455 bits per heavy atom. The lowest BCUT2D eigenvalue weighted by Crippen LogP contribution is -2.35. The first kappa shape index (κ1) is 102. The Bertz CT molecular complexity index is 6860. The third-order valence-corrected chi connectivity index (χ3v) is 24.6. The fourth-order valence-electron chi connectivity index (χ4n) is 17.1. The van der Waals surface area contributed by atoms with Crippen molar-refractivity contribution in [3.8, 4) is 91.0 Å². The molecule has 6 N–H and O–H groups in total. The second kappa shape index (κ2) is 45.4. The molecule has 12 heterocycles. The smallest absolute Gasteiger partial charge is 0.413 e. The second-order valence-corrected chi connectivity index (χ2v) is 38.6. The number of oxazole rings is 3. The van der Waals surface area contributed by atoms with Crippen molar-refractivity contribution >= 4 is 96.6 Å². The van der Waals surface area contributed by atoms with E-state index in [2.05, 4.69) is 96.1 Å².